The number of rotatable bonds is 7. The molecule has 4 aromatic rings. The van der Waals surface area contributed by atoms with Crippen molar-refractivity contribution in [3.63, 3.8) is 0 Å². The van der Waals surface area contributed by atoms with Crippen LogP contribution >= 0.6 is 11.6 Å². The molecule has 0 aliphatic rings. The van der Waals surface area contributed by atoms with Crippen LogP contribution in [0.2, 0.25) is 5.02 Å². The van der Waals surface area contributed by atoms with Gasteiger partial charge in [-0.15, -0.1) is 0 Å². The maximum atomic E-state index is 13.0. The molecular formula is C25H21ClN4O2. The molecule has 3 aromatic carbocycles. The van der Waals surface area contributed by atoms with Gasteiger partial charge < -0.3 is 10.6 Å². The number of amides is 2. The molecule has 160 valence electrons. The summed E-state index contributed by atoms with van der Waals surface area (Å²) in [5.74, 6) is -0.753. The van der Waals surface area contributed by atoms with Gasteiger partial charge in [-0.1, -0.05) is 72.3 Å². The number of aromatic nitrogens is 2. The Morgan fingerprint density at radius 2 is 1.53 bits per heavy atom. The molecule has 4 rings (SSSR count). The van der Waals surface area contributed by atoms with Gasteiger partial charge in [0.15, 0.2) is 5.69 Å². The number of nitrogens with one attached hydrogen (secondary N) is 2. The largest absolute Gasteiger partial charge is 0.350 e. The molecule has 1 atom stereocenters. The highest BCUT2D eigenvalue weighted by atomic mass is 35.5. The van der Waals surface area contributed by atoms with Crippen LogP contribution in [-0.2, 0) is 11.3 Å². The molecule has 1 unspecified atom stereocenters. The lowest BCUT2D eigenvalue weighted by Crippen LogP contribution is -2.40. The summed E-state index contributed by atoms with van der Waals surface area (Å²) in [7, 11) is 0. The first-order valence-corrected chi connectivity index (χ1v) is 10.5. The normalized spacial score (nSPS) is 11.5. The van der Waals surface area contributed by atoms with Crippen molar-refractivity contribution in [2.45, 2.75) is 12.6 Å². The molecule has 0 aliphatic heterocycles. The Morgan fingerprint density at radius 1 is 0.875 bits per heavy atom. The van der Waals surface area contributed by atoms with Crippen LogP contribution in [0.1, 0.15) is 27.7 Å². The zero-order valence-electron chi connectivity index (χ0n) is 17.1. The number of para-hydroxylation sites is 1. The van der Waals surface area contributed by atoms with Gasteiger partial charge in [0.25, 0.3) is 5.91 Å². The third-order valence-electron chi connectivity index (χ3n) is 4.89. The van der Waals surface area contributed by atoms with E-state index in [0.717, 1.165) is 11.3 Å². The van der Waals surface area contributed by atoms with Crippen LogP contribution in [0.3, 0.4) is 0 Å². The van der Waals surface area contributed by atoms with E-state index in [2.05, 4.69) is 15.7 Å². The summed E-state index contributed by atoms with van der Waals surface area (Å²) >= 11 is 5.92. The quantitative estimate of drug-likeness (QED) is 0.446. The molecule has 6 nitrogen and oxygen atoms in total. The molecule has 0 bridgehead atoms. The number of nitrogens with zero attached hydrogens (tertiary/aromatic N) is 2. The van der Waals surface area contributed by atoms with Crippen molar-refractivity contribution in [1.29, 1.82) is 0 Å². The third-order valence-corrected chi connectivity index (χ3v) is 5.14. The third kappa shape index (κ3) is 5.22. The van der Waals surface area contributed by atoms with Crippen LogP contribution in [0.4, 0.5) is 0 Å². The molecule has 32 heavy (non-hydrogen) atoms. The monoisotopic (exact) mass is 444 g/mol. The highest BCUT2D eigenvalue weighted by Gasteiger charge is 2.24. The van der Waals surface area contributed by atoms with Crippen molar-refractivity contribution in [2.24, 2.45) is 0 Å². The van der Waals surface area contributed by atoms with E-state index in [4.69, 9.17) is 11.6 Å². The Bertz CT molecular complexity index is 1190. The average Bonchev–Trinajstić information content (AvgIpc) is 3.34. The van der Waals surface area contributed by atoms with E-state index in [1.54, 1.807) is 41.2 Å². The Kier molecular flexibility index (Phi) is 6.63. The van der Waals surface area contributed by atoms with Crippen molar-refractivity contribution in [2.75, 3.05) is 0 Å². The van der Waals surface area contributed by atoms with Crippen molar-refractivity contribution in [3.8, 4) is 5.69 Å². The molecule has 0 radical (unpaired) electrons. The summed E-state index contributed by atoms with van der Waals surface area (Å²) in [4.78, 5) is 25.9. The molecule has 1 aromatic heterocycles. The van der Waals surface area contributed by atoms with E-state index >= 15 is 0 Å². The van der Waals surface area contributed by atoms with Crippen LogP contribution in [0.25, 0.3) is 5.69 Å². The molecule has 2 amide bonds. The predicted octanol–water partition coefficient (Wildman–Crippen LogP) is 4.31. The summed E-state index contributed by atoms with van der Waals surface area (Å²) in [5, 5.41) is 10.7. The Labute approximate surface area is 190 Å². The number of carbonyl (C=O) groups excluding carboxylic acids is 2. The molecule has 0 saturated heterocycles. The smallest absolute Gasteiger partial charge is 0.272 e. The molecular weight excluding hydrogens is 424 g/mol. The summed E-state index contributed by atoms with van der Waals surface area (Å²) in [5.41, 5.74) is 2.64. The molecule has 7 heteroatoms. The van der Waals surface area contributed by atoms with E-state index in [-0.39, 0.29) is 11.6 Å². The van der Waals surface area contributed by atoms with E-state index in [1.165, 1.54) is 0 Å². The van der Waals surface area contributed by atoms with Crippen molar-refractivity contribution < 1.29 is 9.59 Å². The maximum Gasteiger partial charge on any atom is 0.272 e. The summed E-state index contributed by atoms with van der Waals surface area (Å²) in [6, 6.07) is 26.6. The first-order valence-electron chi connectivity index (χ1n) is 10.1. The van der Waals surface area contributed by atoms with Gasteiger partial charge in [0.05, 0.1) is 5.69 Å². The van der Waals surface area contributed by atoms with Crippen LogP contribution in [0.15, 0.2) is 97.2 Å². The highest BCUT2D eigenvalue weighted by molar-refractivity contribution is 6.30. The van der Waals surface area contributed by atoms with E-state index < -0.39 is 11.9 Å². The average molecular weight is 445 g/mol. The molecule has 0 saturated carbocycles. The number of benzene rings is 3. The number of carbonyl (C=O) groups is 2. The van der Waals surface area contributed by atoms with Gasteiger partial charge in [-0.2, -0.15) is 5.10 Å². The zero-order valence-corrected chi connectivity index (χ0v) is 17.9. The molecule has 0 aliphatic carbocycles. The minimum absolute atomic E-state index is 0.222. The molecule has 1 heterocycles. The van der Waals surface area contributed by atoms with Crippen LogP contribution in [0.5, 0.6) is 0 Å². The maximum absolute atomic E-state index is 13.0. The molecule has 0 spiro atoms. The van der Waals surface area contributed by atoms with Crippen LogP contribution in [0, 0.1) is 0 Å². The van der Waals surface area contributed by atoms with Gasteiger partial charge in [-0.25, -0.2) is 4.68 Å². The second kappa shape index (κ2) is 9.94. The lowest BCUT2D eigenvalue weighted by atomic mass is 10.1. The Balaban J connectivity index is 1.49. The van der Waals surface area contributed by atoms with Gasteiger partial charge >= 0.3 is 0 Å². The fourth-order valence-electron chi connectivity index (χ4n) is 3.21. The first kappa shape index (κ1) is 21.3. The molecule has 0 fully saturated rings. The van der Waals surface area contributed by atoms with Crippen molar-refractivity contribution in [3.05, 3.63) is 119 Å². The number of halogens is 1. The predicted molar refractivity (Wildman–Crippen MR) is 124 cm³/mol. The Hall–Kier alpha value is -3.90. The summed E-state index contributed by atoms with van der Waals surface area (Å²) < 4.78 is 1.62. The Morgan fingerprint density at radius 3 is 2.22 bits per heavy atom. The highest BCUT2D eigenvalue weighted by Crippen LogP contribution is 2.15. The summed E-state index contributed by atoms with van der Waals surface area (Å²) in [6.07, 6.45) is 1.71. The van der Waals surface area contributed by atoms with Crippen molar-refractivity contribution in [1.82, 2.24) is 20.4 Å². The topological polar surface area (TPSA) is 76.0 Å². The second-order valence-corrected chi connectivity index (χ2v) is 7.58. The van der Waals surface area contributed by atoms with Crippen molar-refractivity contribution >= 4 is 23.4 Å². The molecule has 2 N–H and O–H groups in total. The van der Waals surface area contributed by atoms with E-state index in [0.29, 0.717) is 17.1 Å². The zero-order chi connectivity index (χ0) is 22.3. The van der Waals surface area contributed by atoms with Crippen LogP contribution in [-0.4, -0.2) is 21.6 Å². The van der Waals surface area contributed by atoms with Gasteiger partial charge in [-0.3, -0.25) is 9.59 Å². The number of hydrogen-bond acceptors (Lipinski definition) is 3. The SMILES string of the molecule is O=C(NC(C(=O)NCc1ccc(Cl)cc1)c1ccccc1)c1ccn(-c2ccccc2)n1. The van der Waals surface area contributed by atoms with Gasteiger partial charge in [0.1, 0.15) is 6.04 Å². The minimum Gasteiger partial charge on any atom is -0.350 e. The standard InChI is InChI=1S/C25H21ClN4O2/c26-20-13-11-18(12-14-20)17-27-25(32)23(19-7-3-1-4-8-19)28-24(31)22-15-16-30(29-22)21-9-5-2-6-10-21/h1-16,23H,17H2,(H,27,32)(H,28,31). The lowest BCUT2D eigenvalue weighted by Gasteiger charge is -2.18. The number of hydrogen-bond donors (Lipinski definition) is 2. The van der Waals surface area contributed by atoms with E-state index in [9.17, 15) is 9.59 Å². The fraction of sp³-hybridized carbons (Fsp3) is 0.0800. The summed E-state index contributed by atoms with van der Waals surface area (Å²) in [6.45, 7) is 0.317. The first-order chi connectivity index (χ1) is 15.6. The van der Waals surface area contributed by atoms with E-state index in [1.807, 2.05) is 60.7 Å². The van der Waals surface area contributed by atoms with Gasteiger partial charge in [0, 0.05) is 17.8 Å². The fourth-order valence-corrected chi connectivity index (χ4v) is 3.34. The van der Waals surface area contributed by atoms with Gasteiger partial charge in [0.2, 0.25) is 5.91 Å². The lowest BCUT2D eigenvalue weighted by molar-refractivity contribution is -0.123. The van der Waals surface area contributed by atoms with Crippen LogP contribution < -0.4 is 10.6 Å². The minimum atomic E-state index is -0.863. The van der Waals surface area contributed by atoms with Gasteiger partial charge in [-0.05, 0) is 41.5 Å². The second-order valence-electron chi connectivity index (χ2n) is 7.14.